The molecule has 1 heterocycles. The molecule has 0 aliphatic heterocycles. The van der Waals surface area contributed by atoms with Crippen LogP contribution >= 0.6 is 0 Å². The van der Waals surface area contributed by atoms with E-state index in [9.17, 15) is 14.0 Å². The third kappa shape index (κ3) is 6.68. The molecule has 0 atom stereocenters. The molecule has 0 aliphatic carbocycles. The summed E-state index contributed by atoms with van der Waals surface area (Å²) in [6, 6.07) is 17.3. The molecule has 0 radical (unpaired) electrons. The van der Waals surface area contributed by atoms with Gasteiger partial charge in [0.2, 0.25) is 5.91 Å². The number of nitrogens with one attached hydrogen (secondary N) is 1. The number of nitriles is 1. The van der Waals surface area contributed by atoms with Gasteiger partial charge < -0.3 is 19.5 Å². The highest BCUT2D eigenvalue weighted by Gasteiger charge is 2.24. The lowest BCUT2D eigenvalue weighted by Gasteiger charge is -2.30. The predicted molar refractivity (Wildman–Crippen MR) is 121 cm³/mol. The predicted octanol–water partition coefficient (Wildman–Crippen LogP) is 4.76. The number of carbonyl (C=O) groups is 2. The Morgan fingerprint density at radius 2 is 1.85 bits per heavy atom. The first-order valence-corrected chi connectivity index (χ1v) is 10.5. The highest BCUT2D eigenvalue weighted by Crippen LogP contribution is 2.15. The Hall–Kier alpha value is -4.12. The first-order chi connectivity index (χ1) is 15.9. The van der Waals surface area contributed by atoms with Crippen LogP contribution in [0.2, 0.25) is 0 Å². The van der Waals surface area contributed by atoms with Gasteiger partial charge in [0.15, 0.2) is 0 Å². The van der Waals surface area contributed by atoms with Gasteiger partial charge in [-0.2, -0.15) is 5.26 Å². The number of carbonyl (C=O) groups excluding carboxylic acids is 2. The zero-order chi connectivity index (χ0) is 23.8. The number of urea groups is 1. The lowest BCUT2D eigenvalue weighted by molar-refractivity contribution is -0.133. The van der Waals surface area contributed by atoms with Crippen LogP contribution in [0.1, 0.15) is 30.7 Å². The summed E-state index contributed by atoms with van der Waals surface area (Å²) < 4.78 is 18.7. The quantitative estimate of drug-likeness (QED) is 0.538. The van der Waals surface area contributed by atoms with Gasteiger partial charge in [-0.1, -0.05) is 18.2 Å². The number of benzene rings is 2. The summed E-state index contributed by atoms with van der Waals surface area (Å²) >= 11 is 0. The Balaban J connectivity index is 1.75. The van der Waals surface area contributed by atoms with E-state index in [1.807, 2.05) is 19.9 Å². The molecular formula is C25H25FN4O3. The number of hydrogen-bond donors (Lipinski definition) is 1. The van der Waals surface area contributed by atoms with Gasteiger partial charge in [-0.15, -0.1) is 0 Å². The molecule has 0 spiro atoms. The van der Waals surface area contributed by atoms with Crippen LogP contribution in [-0.2, 0) is 17.9 Å². The second-order valence-corrected chi connectivity index (χ2v) is 7.80. The molecule has 1 N–H and O–H groups in total. The summed E-state index contributed by atoms with van der Waals surface area (Å²) in [4.78, 5) is 29.2. The van der Waals surface area contributed by atoms with Gasteiger partial charge in [0.1, 0.15) is 18.1 Å². The maximum Gasteiger partial charge on any atom is 0.322 e. The number of hydrogen-bond acceptors (Lipinski definition) is 4. The summed E-state index contributed by atoms with van der Waals surface area (Å²) in [7, 11) is 0. The van der Waals surface area contributed by atoms with Crippen molar-refractivity contribution in [2.75, 3.05) is 11.9 Å². The summed E-state index contributed by atoms with van der Waals surface area (Å²) in [5.74, 6) is -0.0459. The van der Waals surface area contributed by atoms with E-state index >= 15 is 0 Å². The van der Waals surface area contributed by atoms with Crippen molar-refractivity contribution in [1.82, 2.24) is 9.80 Å². The van der Waals surface area contributed by atoms with Crippen molar-refractivity contribution in [2.45, 2.75) is 33.0 Å². The Morgan fingerprint density at radius 3 is 2.48 bits per heavy atom. The average Bonchev–Trinajstić information content (AvgIpc) is 3.31. The van der Waals surface area contributed by atoms with Crippen LogP contribution in [0.5, 0.6) is 0 Å². The molecule has 3 amide bonds. The molecule has 2 aromatic carbocycles. The lowest BCUT2D eigenvalue weighted by atomic mass is 10.2. The molecule has 7 nitrogen and oxygen atoms in total. The molecule has 0 saturated carbocycles. The number of rotatable bonds is 8. The SMILES string of the molecule is CC(C)N(CC(=O)N(Cc1ccc(F)cc1)Cc1ccco1)C(=O)Nc1cccc(C#N)c1. The zero-order valence-electron chi connectivity index (χ0n) is 18.5. The molecule has 0 unspecified atom stereocenters. The van der Waals surface area contributed by atoms with Gasteiger partial charge in [-0.25, -0.2) is 9.18 Å². The van der Waals surface area contributed by atoms with Crippen molar-refractivity contribution < 1.29 is 18.4 Å². The van der Waals surface area contributed by atoms with Crippen LogP contribution in [-0.4, -0.2) is 34.3 Å². The molecule has 0 aliphatic rings. The zero-order valence-corrected chi connectivity index (χ0v) is 18.5. The Kier molecular flexibility index (Phi) is 7.82. The standard InChI is InChI=1S/C25H25FN4O3/c1-18(2)30(25(32)28-22-6-3-5-20(13-22)14-27)17-24(31)29(16-23-7-4-12-33-23)15-19-8-10-21(26)11-9-19/h3-13,18H,15-17H2,1-2H3,(H,28,32). The van der Waals surface area contributed by atoms with Crippen molar-refractivity contribution in [3.63, 3.8) is 0 Å². The van der Waals surface area contributed by atoms with Crippen LogP contribution < -0.4 is 5.32 Å². The lowest BCUT2D eigenvalue weighted by Crippen LogP contribution is -2.47. The van der Waals surface area contributed by atoms with Crippen molar-refractivity contribution in [3.05, 3.63) is 89.6 Å². The van der Waals surface area contributed by atoms with Crippen LogP contribution in [0.15, 0.2) is 71.3 Å². The normalized spacial score (nSPS) is 10.5. The second-order valence-electron chi connectivity index (χ2n) is 7.80. The molecule has 170 valence electrons. The molecular weight excluding hydrogens is 423 g/mol. The maximum atomic E-state index is 13.3. The molecule has 1 aromatic heterocycles. The highest BCUT2D eigenvalue weighted by molar-refractivity contribution is 5.92. The molecule has 0 saturated heterocycles. The number of nitrogens with zero attached hydrogens (tertiary/aromatic N) is 3. The Morgan fingerprint density at radius 1 is 1.09 bits per heavy atom. The Bertz CT molecular complexity index is 1120. The fourth-order valence-electron chi connectivity index (χ4n) is 3.23. The number of anilines is 1. The van der Waals surface area contributed by atoms with Gasteiger partial charge in [-0.3, -0.25) is 4.79 Å². The minimum absolute atomic E-state index is 0.163. The van der Waals surface area contributed by atoms with Gasteiger partial charge in [0, 0.05) is 18.3 Å². The van der Waals surface area contributed by atoms with E-state index in [1.54, 1.807) is 53.4 Å². The summed E-state index contributed by atoms with van der Waals surface area (Å²) in [5, 5.41) is 11.8. The van der Waals surface area contributed by atoms with Crippen LogP contribution in [0.4, 0.5) is 14.9 Å². The topological polar surface area (TPSA) is 89.6 Å². The van der Waals surface area contributed by atoms with Gasteiger partial charge in [0.25, 0.3) is 0 Å². The largest absolute Gasteiger partial charge is 0.467 e. The van der Waals surface area contributed by atoms with Crippen molar-refractivity contribution in [3.8, 4) is 6.07 Å². The van der Waals surface area contributed by atoms with E-state index in [1.165, 1.54) is 23.3 Å². The van der Waals surface area contributed by atoms with Gasteiger partial charge in [0.05, 0.1) is 24.4 Å². The molecule has 0 fully saturated rings. The van der Waals surface area contributed by atoms with Gasteiger partial charge in [-0.05, 0) is 61.9 Å². The minimum Gasteiger partial charge on any atom is -0.467 e. The van der Waals surface area contributed by atoms with E-state index in [0.717, 1.165) is 5.56 Å². The smallest absolute Gasteiger partial charge is 0.322 e. The first-order valence-electron chi connectivity index (χ1n) is 10.5. The molecule has 8 heteroatoms. The second kappa shape index (κ2) is 11.0. The molecule has 0 bridgehead atoms. The average molecular weight is 448 g/mol. The first kappa shape index (κ1) is 23.5. The van der Waals surface area contributed by atoms with Crippen molar-refractivity contribution in [2.24, 2.45) is 0 Å². The summed E-state index contributed by atoms with van der Waals surface area (Å²) in [5.41, 5.74) is 1.64. The van der Waals surface area contributed by atoms with E-state index in [2.05, 4.69) is 5.32 Å². The number of furan rings is 1. The summed E-state index contributed by atoms with van der Waals surface area (Å²) in [6.45, 7) is 3.91. The number of amides is 3. The Labute approximate surface area is 192 Å². The van der Waals surface area contributed by atoms with Crippen molar-refractivity contribution in [1.29, 1.82) is 5.26 Å². The molecule has 3 aromatic rings. The third-order valence-electron chi connectivity index (χ3n) is 5.00. The van der Waals surface area contributed by atoms with Crippen LogP contribution in [0, 0.1) is 17.1 Å². The van der Waals surface area contributed by atoms with E-state index in [0.29, 0.717) is 17.0 Å². The van der Waals surface area contributed by atoms with Crippen LogP contribution in [0.3, 0.4) is 0 Å². The van der Waals surface area contributed by atoms with Crippen molar-refractivity contribution >= 4 is 17.6 Å². The fourth-order valence-corrected chi connectivity index (χ4v) is 3.23. The van der Waals surface area contributed by atoms with E-state index in [-0.39, 0.29) is 37.4 Å². The van der Waals surface area contributed by atoms with Crippen LogP contribution in [0.25, 0.3) is 0 Å². The summed E-state index contributed by atoms with van der Waals surface area (Å²) in [6.07, 6.45) is 1.53. The van der Waals surface area contributed by atoms with Gasteiger partial charge >= 0.3 is 6.03 Å². The molecule has 3 rings (SSSR count). The minimum atomic E-state index is -0.451. The number of halogens is 1. The maximum absolute atomic E-state index is 13.3. The monoisotopic (exact) mass is 448 g/mol. The molecule has 33 heavy (non-hydrogen) atoms. The fraction of sp³-hybridized carbons (Fsp3) is 0.240. The van der Waals surface area contributed by atoms with E-state index in [4.69, 9.17) is 9.68 Å². The highest BCUT2D eigenvalue weighted by atomic mass is 19.1. The third-order valence-corrected chi connectivity index (χ3v) is 5.00. The van der Waals surface area contributed by atoms with E-state index < -0.39 is 6.03 Å².